The molecule has 0 aromatic carbocycles. The Morgan fingerprint density at radius 1 is 1.38 bits per heavy atom. The minimum absolute atomic E-state index is 0.224. The van der Waals surface area contributed by atoms with E-state index in [1.165, 1.54) is 0 Å². The number of rotatable bonds is 1. The fourth-order valence-corrected chi connectivity index (χ4v) is 1.56. The summed E-state index contributed by atoms with van der Waals surface area (Å²) in [6.07, 6.45) is 8.67. The van der Waals surface area contributed by atoms with Gasteiger partial charge < -0.3 is 4.98 Å². The lowest BCUT2D eigenvalue weighted by Crippen LogP contribution is -2.11. The Bertz CT molecular complexity index is 606. The zero-order valence-electron chi connectivity index (χ0n) is 8.82. The number of nitrogens with one attached hydrogen (secondary N) is 1. The first-order valence-electron chi connectivity index (χ1n) is 4.83. The molecule has 3 nitrogen and oxygen atoms in total. The molecular formula is C13H10N2O. The Morgan fingerprint density at radius 3 is 2.69 bits per heavy atom. The number of pyridine rings is 2. The molecule has 0 fully saturated rings. The third-order valence-corrected chi connectivity index (χ3v) is 2.39. The maximum Gasteiger partial charge on any atom is 0.263 e. The fourth-order valence-electron chi connectivity index (χ4n) is 1.56. The SMILES string of the molecule is C#Cc1cc(-c2ccncc2)c(C)[nH]c1=O. The van der Waals surface area contributed by atoms with Crippen LogP contribution in [0.25, 0.3) is 11.1 Å². The summed E-state index contributed by atoms with van der Waals surface area (Å²) in [7, 11) is 0. The summed E-state index contributed by atoms with van der Waals surface area (Å²) in [5.74, 6) is 2.37. The van der Waals surface area contributed by atoms with E-state index in [-0.39, 0.29) is 5.56 Å². The quantitative estimate of drug-likeness (QED) is 0.728. The van der Waals surface area contributed by atoms with Crippen molar-refractivity contribution in [3.63, 3.8) is 0 Å². The van der Waals surface area contributed by atoms with Crippen LogP contribution in [0.3, 0.4) is 0 Å². The highest BCUT2D eigenvalue weighted by Crippen LogP contribution is 2.20. The molecule has 2 heterocycles. The molecule has 3 heteroatoms. The average molecular weight is 210 g/mol. The van der Waals surface area contributed by atoms with Crippen molar-refractivity contribution in [2.75, 3.05) is 0 Å². The van der Waals surface area contributed by atoms with E-state index in [4.69, 9.17) is 6.42 Å². The highest BCUT2D eigenvalue weighted by Gasteiger charge is 2.05. The summed E-state index contributed by atoms with van der Waals surface area (Å²) in [6.45, 7) is 1.84. The van der Waals surface area contributed by atoms with Crippen molar-refractivity contribution in [1.82, 2.24) is 9.97 Å². The second-order valence-electron chi connectivity index (χ2n) is 3.43. The van der Waals surface area contributed by atoms with Crippen LogP contribution in [-0.2, 0) is 0 Å². The molecule has 16 heavy (non-hydrogen) atoms. The number of terminal acetylenes is 1. The molecule has 0 radical (unpaired) electrons. The Kier molecular flexibility index (Phi) is 2.57. The van der Waals surface area contributed by atoms with Crippen molar-refractivity contribution >= 4 is 0 Å². The van der Waals surface area contributed by atoms with Crippen LogP contribution < -0.4 is 5.56 Å². The van der Waals surface area contributed by atoms with Gasteiger partial charge in [-0.15, -0.1) is 6.42 Å². The summed E-state index contributed by atoms with van der Waals surface area (Å²) in [5.41, 5.74) is 2.83. The van der Waals surface area contributed by atoms with Gasteiger partial charge in [0.2, 0.25) is 0 Å². The van der Waals surface area contributed by atoms with Crippen LogP contribution in [0.2, 0.25) is 0 Å². The van der Waals surface area contributed by atoms with Gasteiger partial charge in [0.1, 0.15) is 0 Å². The minimum Gasteiger partial charge on any atom is -0.325 e. The molecule has 0 aliphatic heterocycles. The number of aromatic amines is 1. The maximum atomic E-state index is 11.4. The molecule has 0 saturated carbocycles. The van der Waals surface area contributed by atoms with Crippen LogP contribution in [0, 0.1) is 19.3 Å². The largest absolute Gasteiger partial charge is 0.325 e. The van der Waals surface area contributed by atoms with Gasteiger partial charge in [-0.25, -0.2) is 0 Å². The predicted octanol–water partition coefficient (Wildman–Crippen LogP) is 1.73. The number of hydrogen-bond acceptors (Lipinski definition) is 2. The summed E-state index contributed by atoms with van der Waals surface area (Å²) in [4.78, 5) is 18.1. The van der Waals surface area contributed by atoms with E-state index in [9.17, 15) is 4.79 Å². The monoisotopic (exact) mass is 210 g/mol. The molecule has 0 amide bonds. The Morgan fingerprint density at radius 2 is 2.06 bits per heavy atom. The van der Waals surface area contributed by atoms with E-state index < -0.39 is 0 Å². The van der Waals surface area contributed by atoms with Crippen molar-refractivity contribution in [2.45, 2.75) is 6.92 Å². The number of hydrogen-bond donors (Lipinski definition) is 1. The minimum atomic E-state index is -0.224. The van der Waals surface area contributed by atoms with Gasteiger partial charge in [0.15, 0.2) is 0 Å². The lowest BCUT2D eigenvalue weighted by atomic mass is 10.0. The summed E-state index contributed by atoms with van der Waals surface area (Å²) >= 11 is 0. The zero-order valence-corrected chi connectivity index (χ0v) is 8.82. The zero-order chi connectivity index (χ0) is 11.5. The second kappa shape index (κ2) is 4.03. The van der Waals surface area contributed by atoms with E-state index in [0.29, 0.717) is 5.56 Å². The van der Waals surface area contributed by atoms with Crippen LogP contribution >= 0.6 is 0 Å². The van der Waals surface area contributed by atoms with E-state index in [1.54, 1.807) is 18.5 Å². The van der Waals surface area contributed by atoms with Crippen molar-refractivity contribution in [1.29, 1.82) is 0 Å². The van der Waals surface area contributed by atoms with Gasteiger partial charge in [0, 0.05) is 23.7 Å². The number of H-pyrrole nitrogens is 1. The summed E-state index contributed by atoms with van der Waals surface area (Å²) in [5, 5.41) is 0. The first kappa shape index (κ1) is 10.2. The molecule has 0 unspecified atom stereocenters. The van der Waals surface area contributed by atoms with Gasteiger partial charge >= 0.3 is 0 Å². The number of aromatic nitrogens is 2. The summed E-state index contributed by atoms with van der Waals surface area (Å²) < 4.78 is 0. The molecule has 78 valence electrons. The van der Waals surface area contributed by atoms with Crippen LogP contribution in [0.15, 0.2) is 35.4 Å². The maximum absolute atomic E-state index is 11.4. The fraction of sp³-hybridized carbons (Fsp3) is 0.0769. The highest BCUT2D eigenvalue weighted by atomic mass is 16.1. The third kappa shape index (κ3) is 1.73. The Hall–Kier alpha value is -2.34. The average Bonchev–Trinajstić information content (AvgIpc) is 2.30. The lowest BCUT2D eigenvalue weighted by molar-refractivity contribution is 1.13. The van der Waals surface area contributed by atoms with Crippen molar-refractivity contribution in [2.24, 2.45) is 0 Å². The Labute approximate surface area is 93.2 Å². The van der Waals surface area contributed by atoms with Gasteiger partial charge in [-0.05, 0) is 30.7 Å². The topological polar surface area (TPSA) is 45.8 Å². The molecular weight excluding hydrogens is 200 g/mol. The van der Waals surface area contributed by atoms with Crippen molar-refractivity contribution in [3.8, 4) is 23.5 Å². The molecule has 0 atom stereocenters. The first-order chi connectivity index (χ1) is 7.72. The third-order valence-electron chi connectivity index (χ3n) is 2.39. The second-order valence-corrected chi connectivity index (χ2v) is 3.43. The van der Waals surface area contributed by atoms with Crippen LogP contribution in [0.1, 0.15) is 11.3 Å². The van der Waals surface area contributed by atoms with Crippen molar-refractivity contribution in [3.05, 3.63) is 52.2 Å². The van der Waals surface area contributed by atoms with Crippen molar-refractivity contribution < 1.29 is 0 Å². The van der Waals surface area contributed by atoms with E-state index in [1.807, 2.05) is 19.1 Å². The molecule has 0 spiro atoms. The van der Waals surface area contributed by atoms with Crippen LogP contribution in [0.4, 0.5) is 0 Å². The van der Waals surface area contributed by atoms with E-state index >= 15 is 0 Å². The molecule has 0 saturated heterocycles. The molecule has 0 aliphatic carbocycles. The molecule has 2 rings (SSSR count). The molecule has 2 aromatic rings. The normalized spacial score (nSPS) is 9.75. The predicted molar refractivity (Wildman–Crippen MR) is 63.0 cm³/mol. The highest BCUT2D eigenvalue weighted by molar-refractivity contribution is 5.66. The van der Waals surface area contributed by atoms with Gasteiger partial charge in [-0.3, -0.25) is 9.78 Å². The number of aryl methyl sites for hydroxylation is 1. The molecule has 1 N–H and O–H groups in total. The first-order valence-corrected chi connectivity index (χ1v) is 4.83. The van der Waals surface area contributed by atoms with Gasteiger partial charge in [-0.1, -0.05) is 5.92 Å². The van der Waals surface area contributed by atoms with Gasteiger partial charge in [-0.2, -0.15) is 0 Å². The van der Waals surface area contributed by atoms with Gasteiger partial charge in [0.25, 0.3) is 5.56 Å². The van der Waals surface area contributed by atoms with E-state index in [0.717, 1.165) is 16.8 Å². The smallest absolute Gasteiger partial charge is 0.263 e. The molecule has 2 aromatic heterocycles. The van der Waals surface area contributed by atoms with Gasteiger partial charge in [0.05, 0.1) is 5.56 Å². The Balaban J connectivity index is 2.68. The standard InChI is InChI=1S/C13H10N2O/c1-3-10-8-12(9(2)15-13(10)16)11-4-6-14-7-5-11/h1,4-8H,2H3,(H,15,16). The molecule has 0 aliphatic rings. The van der Waals surface area contributed by atoms with Crippen LogP contribution in [-0.4, -0.2) is 9.97 Å². The number of nitrogens with zero attached hydrogens (tertiary/aromatic N) is 1. The lowest BCUT2D eigenvalue weighted by Gasteiger charge is -2.05. The van der Waals surface area contributed by atoms with Crippen LogP contribution in [0.5, 0.6) is 0 Å². The summed E-state index contributed by atoms with van der Waals surface area (Å²) in [6, 6.07) is 5.48. The molecule has 0 bridgehead atoms. The van der Waals surface area contributed by atoms with E-state index in [2.05, 4.69) is 15.9 Å².